The maximum Gasteiger partial charge on any atom is 0.270 e. The molecule has 154 valence electrons. The molecule has 1 saturated carbocycles. The summed E-state index contributed by atoms with van der Waals surface area (Å²) in [6.45, 7) is 0. The van der Waals surface area contributed by atoms with Gasteiger partial charge in [0.15, 0.2) is 0 Å². The van der Waals surface area contributed by atoms with E-state index in [1.165, 1.54) is 6.20 Å². The van der Waals surface area contributed by atoms with Gasteiger partial charge >= 0.3 is 0 Å². The predicted octanol–water partition coefficient (Wildman–Crippen LogP) is 2.62. The molecule has 1 aromatic carbocycles. The largest absolute Gasteiger partial charge is 0.497 e. The highest BCUT2D eigenvalue weighted by Gasteiger charge is 2.28. The van der Waals surface area contributed by atoms with Crippen molar-refractivity contribution in [3.63, 3.8) is 0 Å². The van der Waals surface area contributed by atoms with Gasteiger partial charge in [0.1, 0.15) is 17.3 Å². The second-order valence-electron chi connectivity index (χ2n) is 6.79. The van der Waals surface area contributed by atoms with Crippen LogP contribution in [0, 0.1) is 0 Å². The molecule has 1 fully saturated rings. The molecule has 9 heteroatoms. The van der Waals surface area contributed by atoms with Crippen LogP contribution in [0.2, 0.25) is 0 Å². The fourth-order valence-corrected chi connectivity index (χ4v) is 3.42. The van der Waals surface area contributed by atoms with Crippen molar-refractivity contribution in [2.45, 2.75) is 37.8 Å². The average molecular weight is 418 g/mol. The third-order valence-electron chi connectivity index (χ3n) is 4.76. The van der Waals surface area contributed by atoms with Gasteiger partial charge < -0.3 is 20.7 Å². The molecule has 0 bridgehead atoms. The van der Waals surface area contributed by atoms with Crippen molar-refractivity contribution in [2.75, 3.05) is 18.3 Å². The summed E-state index contributed by atoms with van der Waals surface area (Å²) in [6, 6.07) is 8.60. The minimum Gasteiger partial charge on any atom is -0.497 e. The fraction of sp³-hybridized carbons (Fsp3) is 0.400. The Balaban J connectivity index is 1.67. The van der Waals surface area contributed by atoms with Gasteiger partial charge in [-0.25, -0.2) is 9.97 Å². The van der Waals surface area contributed by atoms with Crippen molar-refractivity contribution in [1.82, 2.24) is 20.6 Å². The summed E-state index contributed by atoms with van der Waals surface area (Å²) in [7, 11) is 1.59. The molecule has 2 amide bonds. The first-order valence-electron chi connectivity index (χ1n) is 9.49. The lowest BCUT2D eigenvalue weighted by Crippen LogP contribution is -2.53. The Morgan fingerprint density at radius 1 is 1.17 bits per heavy atom. The molecule has 1 aromatic heterocycles. The molecule has 2 unspecified atom stereocenters. The molecule has 8 nitrogen and oxygen atoms in total. The number of nitrogens with zero attached hydrogens (tertiary/aromatic N) is 2. The number of ether oxygens (including phenoxy) is 1. The lowest BCUT2D eigenvalue weighted by molar-refractivity contribution is -0.119. The number of anilines is 2. The molecule has 3 rings (SSSR count). The predicted molar refractivity (Wildman–Crippen MR) is 111 cm³/mol. The lowest BCUT2D eigenvalue weighted by Gasteiger charge is -2.32. The maximum atomic E-state index is 12.7. The number of halogens is 1. The third kappa shape index (κ3) is 5.80. The number of rotatable bonds is 7. The van der Waals surface area contributed by atoms with Crippen molar-refractivity contribution in [2.24, 2.45) is 0 Å². The van der Waals surface area contributed by atoms with Gasteiger partial charge in [-0.15, -0.1) is 11.6 Å². The van der Waals surface area contributed by atoms with E-state index in [-0.39, 0.29) is 35.5 Å². The molecule has 29 heavy (non-hydrogen) atoms. The first-order valence-corrected chi connectivity index (χ1v) is 10.0. The lowest BCUT2D eigenvalue weighted by atomic mass is 9.90. The SMILES string of the molecule is COc1cccc(Nc2nccc(C(=O)NC3CCCCC3NC(=O)CCl)n2)c1. The number of aromatic nitrogens is 2. The highest BCUT2D eigenvalue weighted by atomic mass is 35.5. The first-order chi connectivity index (χ1) is 14.1. The molecule has 1 aliphatic rings. The van der Waals surface area contributed by atoms with E-state index in [9.17, 15) is 9.59 Å². The Kier molecular flexibility index (Phi) is 7.24. The van der Waals surface area contributed by atoms with Crippen molar-refractivity contribution in [1.29, 1.82) is 0 Å². The second-order valence-corrected chi connectivity index (χ2v) is 7.06. The van der Waals surface area contributed by atoms with Crippen LogP contribution in [0.4, 0.5) is 11.6 Å². The summed E-state index contributed by atoms with van der Waals surface area (Å²) in [5.41, 5.74) is 0.997. The number of benzene rings is 1. The summed E-state index contributed by atoms with van der Waals surface area (Å²) in [5.74, 6) is 0.373. The molecule has 1 heterocycles. The van der Waals surface area contributed by atoms with E-state index in [0.29, 0.717) is 11.7 Å². The molecule has 0 radical (unpaired) electrons. The number of nitrogens with one attached hydrogen (secondary N) is 3. The standard InChI is InChI=1S/C20H24ClN5O3/c1-29-14-6-4-5-13(11-14)23-20-22-10-9-17(26-20)19(28)25-16-8-3-2-7-15(16)24-18(27)12-21/h4-6,9-11,15-16H,2-3,7-8,12H2,1H3,(H,24,27)(H,25,28)(H,22,23,26). The number of carbonyl (C=O) groups excluding carboxylic acids is 2. The highest BCUT2D eigenvalue weighted by Crippen LogP contribution is 2.21. The zero-order chi connectivity index (χ0) is 20.6. The Bertz CT molecular complexity index is 864. The molecular weight excluding hydrogens is 394 g/mol. The van der Waals surface area contributed by atoms with Crippen LogP contribution in [0.15, 0.2) is 36.5 Å². The summed E-state index contributed by atoms with van der Waals surface area (Å²) in [6.07, 6.45) is 5.11. The van der Waals surface area contributed by atoms with Crippen molar-refractivity contribution in [3.8, 4) is 5.75 Å². The van der Waals surface area contributed by atoms with Crippen LogP contribution in [0.5, 0.6) is 5.75 Å². The van der Waals surface area contributed by atoms with Gasteiger partial charge in [-0.1, -0.05) is 18.9 Å². The molecule has 0 saturated heterocycles. The molecule has 1 aliphatic carbocycles. The topological polar surface area (TPSA) is 105 Å². The highest BCUT2D eigenvalue weighted by molar-refractivity contribution is 6.27. The molecule has 3 N–H and O–H groups in total. The Hall–Kier alpha value is -2.87. The number of amides is 2. The number of hydrogen-bond acceptors (Lipinski definition) is 6. The van der Waals surface area contributed by atoms with Crippen LogP contribution in [-0.4, -0.2) is 46.9 Å². The van der Waals surface area contributed by atoms with E-state index in [4.69, 9.17) is 16.3 Å². The quantitative estimate of drug-likeness (QED) is 0.598. The van der Waals surface area contributed by atoms with E-state index in [1.54, 1.807) is 13.2 Å². The van der Waals surface area contributed by atoms with Crippen molar-refractivity contribution in [3.05, 3.63) is 42.2 Å². The molecule has 2 atom stereocenters. The van der Waals surface area contributed by atoms with E-state index >= 15 is 0 Å². The first kappa shape index (κ1) is 20.9. The van der Waals surface area contributed by atoms with Crippen molar-refractivity contribution < 1.29 is 14.3 Å². The van der Waals surface area contributed by atoms with Gasteiger partial charge in [-0.3, -0.25) is 9.59 Å². The molecule has 0 aliphatic heterocycles. The number of alkyl halides is 1. The monoisotopic (exact) mass is 417 g/mol. The minimum atomic E-state index is -0.307. The van der Waals surface area contributed by atoms with Gasteiger partial charge in [-0.2, -0.15) is 0 Å². The number of carbonyl (C=O) groups is 2. The number of hydrogen-bond donors (Lipinski definition) is 3. The van der Waals surface area contributed by atoms with E-state index in [1.807, 2.05) is 24.3 Å². The van der Waals surface area contributed by atoms with Crippen molar-refractivity contribution >= 4 is 35.1 Å². The van der Waals surface area contributed by atoms with Gasteiger partial charge in [0, 0.05) is 30.0 Å². The Morgan fingerprint density at radius 2 is 1.93 bits per heavy atom. The van der Waals surface area contributed by atoms with Gasteiger partial charge in [0.05, 0.1) is 7.11 Å². The zero-order valence-corrected chi connectivity index (χ0v) is 16.9. The van der Waals surface area contributed by atoms with Crippen LogP contribution < -0.4 is 20.7 Å². The van der Waals surface area contributed by atoms with E-state index in [2.05, 4.69) is 25.9 Å². The van der Waals surface area contributed by atoms with Gasteiger partial charge in [0.25, 0.3) is 5.91 Å². The number of methoxy groups -OCH3 is 1. The fourth-order valence-electron chi connectivity index (χ4n) is 3.34. The minimum absolute atomic E-state index is 0.0949. The van der Waals surface area contributed by atoms with Crippen LogP contribution in [0.3, 0.4) is 0 Å². The summed E-state index contributed by atoms with van der Waals surface area (Å²) >= 11 is 5.59. The second kappa shape index (κ2) is 10.1. The molecule has 0 spiro atoms. The molecular formula is C20H24ClN5O3. The average Bonchev–Trinajstić information content (AvgIpc) is 2.75. The zero-order valence-electron chi connectivity index (χ0n) is 16.2. The van der Waals surface area contributed by atoms with E-state index in [0.717, 1.165) is 31.4 Å². The molecule has 2 aromatic rings. The van der Waals surface area contributed by atoms with Crippen LogP contribution in [-0.2, 0) is 4.79 Å². The summed E-state index contributed by atoms with van der Waals surface area (Å²) in [4.78, 5) is 32.9. The normalized spacial score (nSPS) is 18.6. The Labute approximate surface area is 174 Å². The van der Waals surface area contributed by atoms with Crippen LogP contribution in [0.1, 0.15) is 36.2 Å². The summed E-state index contributed by atoms with van der Waals surface area (Å²) in [5, 5.41) is 8.94. The summed E-state index contributed by atoms with van der Waals surface area (Å²) < 4.78 is 5.20. The smallest absolute Gasteiger partial charge is 0.270 e. The van der Waals surface area contributed by atoms with Crippen LogP contribution >= 0.6 is 11.6 Å². The third-order valence-corrected chi connectivity index (χ3v) is 5.01. The van der Waals surface area contributed by atoms with E-state index < -0.39 is 0 Å². The Morgan fingerprint density at radius 3 is 2.66 bits per heavy atom. The van der Waals surface area contributed by atoms with Crippen LogP contribution in [0.25, 0.3) is 0 Å². The van der Waals surface area contributed by atoms with Gasteiger partial charge in [0.2, 0.25) is 11.9 Å². The maximum absolute atomic E-state index is 12.7. The van der Waals surface area contributed by atoms with Gasteiger partial charge in [-0.05, 0) is 31.0 Å².